The molecule has 0 aromatic rings. The van der Waals surface area contributed by atoms with Gasteiger partial charge in [-0.3, -0.25) is 0 Å². The zero-order valence-electron chi connectivity index (χ0n) is 7.26. The van der Waals surface area contributed by atoms with Gasteiger partial charge in [-0.2, -0.15) is 0 Å². The summed E-state index contributed by atoms with van der Waals surface area (Å²) >= 11 is 0. The van der Waals surface area contributed by atoms with Gasteiger partial charge in [-0.05, 0) is 13.0 Å². The second kappa shape index (κ2) is 3.66. The first-order valence-corrected chi connectivity index (χ1v) is 4.34. The summed E-state index contributed by atoms with van der Waals surface area (Å²) in [6.45, 7) is 3.69. The zero-order chi connectivity index (χ0) is 9.19. The second-order valence-corrected chi connectivity index (χ2v) is 3.25. The molecule has 4 heteroatoms. The number of halogens is 2. The zero-order valence-corrected chi connectivity index (χ0v) is 7.26. The standard InChI is InChI=1S/C8H15F2NO/c1-2-11-5-3-7(12)8(9,10)4-6-11/h7,12H,2-6H2,1H3. The Morgan fingerprint density at radius 3 is 2.75 bits per heavy atom. The van der Waals surface area contributed by atoms with Gasteiger partial charge in [0.25, 0.3) is 5.92 Å². The molecule has 0 spiro atoms. The highest BCUT2D eigenvalue weighted by Gasteiger charge is 2.40. The van der Waals surface area contributed by atoms with E-state index in [1.165, 1.54) is 0 Å². The Morgan fingerprint density at radius 1 is 1.50 bits per heavy atom. The first-order valence-electron chi connectivity index (χ1n) is 4.34. The predicted molar refractivity (Wildman–Crippen MR) is 42.3 cm³/mol. The van der Waals surface area contributed by atoms with Gasteiger partial charge in [0.05, 0.1) is 0 Å². The number of aliphatic hydroxyl groups is 1. The summed E-state index contributed by atoms with van der Waals surface area (Å²) in [5.74, 6) is -2.88. The first kappa shape index (κ1) is 9.86. The van der Waals surface area contributed by atoms with E-state index in [2.05, 4.69) is 0 Å². The van der Waals surface area contributed by atoms with E-state index >= 15 is 0 Å². The van der Waals surface area contributed by atoms with Crippen LogP contribution in [0.2, 0.25) is 0 Å². The maximum Gasteiger partial charge on any atom is 0.274 e. The molecule has 0 aromatic heterocycles. The number of aliphatic hydroxyl groups excluding tert-OH is 1. The van der Waals surface area contributed by atoms with Crippen LogP contribution in [0, 0.1) is 0 Å². The van der Waals surface area contributed by atoms with Crippen molar-refractivity contribution in [1.29, 1.82) is 0 Å². The monoisotopic (exact) mass is 179 g/mol. The third-order valence-corrected chi connectivity index (χ3v) is 2.41. The third kappa shape index (κ3) is 2.14. The van der Waals surface area contributed by atoms with E-state index in [4.69, 9.17) is 5.11 Å². The molecule has 1 rings (SSSR count). The average molecular weight is 179 g/mol. The Balaban J connectivity index is 2.53. The van der Waals surface area contributed by atoms with Gasteiger partial charge in [0.2, 0.25) is 0 Å². The minimum absolute atomic E-state index is 0.181. The molecule has 0 aromatic carbocycles. The van der Waals surface area contributed by atoms with Crippen molar-refractivity contribution in [3.63, 3.8) is 0 Å². The molecule has 0 bridgehead atoms. The molecular weight excluding hydrogens is 164 g/mol. The summed E-state index contributed by atoms with van der Waals surface area (Å²) in [5.41, 5.74) is 0. The molecule has 1 aliphatic rings. The minimum atomic E-state index is -2.88. The van der Waals surface area contributed by atoms with E-state index in [9.17, 15) is 8.78 Å². The Morgan fingerprint density at radius 2 is 2.17 bits per heavy atom. The van der Waals surface area contributed by atoms with Gasteiger partial charge in [0.15, 0.2) is 0 Å². The van der Waals surface area contributed by atoms with Gasteiger partial charge in [-0.15, -0.1) is 0 Å². The van der Waals surface area contributed by atoms with Crippen LogP contribution in [0.5, 0.6) is 0 Å². The lowest BCUT2D eigenvalue weighted by Gasteiger charge is -2.18. The lowest BCUT2D eigenvalue weighted by molar-refractivity contribution is -0.108. The Hall–Kier alpha value is -0.220. The van der Waals surface area contributed by atoms with Crippen LogP contribution < -0.4 is 0 Å². The summed E-state index contributed by atoms with van der Waals surface area (Å²) in [4.78, 5) is 1.93. The van der Waals surface area contributed by atoms with Crippen molar-refractivity contribution >= 4 is 0 Å². The lowest BCUT2D eigenvalue weighted by Crippen LogP contribution is -2.32. The van der Waals surface area contributed by atoms with E-state index in [1.54, 1.807) is 0 Å². The smallest absolute Gasteiger partial charge is 0.274 e. The fourth-order valence-corrected chi connectivity index (χ4v) is 1.42. The average Bonchev–Trinajstić information content (AvgIpc) is 2.14. The summed E-state index contributed by atoms with van der Waals surface area (Å²) in [6.07, 6.45) is -1.49. The maximum atomic E-state index is 12.9. The van der Waals surface area contributed by atoms with Gasteiger partial charge in [-0.25, -0.2) is 8.78 Å². The van der Waals surface area contributed by atoms with Gasteiger partial charge in [0.1, 0.15) is 6.10 Å². The molecule has 1 fully saturated rings. The Kier molecular flexibility index (Phi) is 3.01. The summed E-state index contributed by atoms with van der Waals surface area (Å²) < 4.78 is 25.8. The van der Waals surface area contributed by atoms with E-state index in [-0.39, 0.29) is 12.8 Å². The molecule has 1 heterocycles. The molecule has 0 radical (unpaired) electrons. The van der Waals surface area contributed by atoms with E-state index < -0.39 is 12.0 Å². The quantitative estimate of drug-likeness (QED) is 0.651. The topological polar surface area (TPSA) is 23.5 Å². The minimum Gasteiger partial charge on any atom is -0.387 e. The molecule has 2 nitrogen and oxygen atoms in total. The van der Waals surface area contributed by atoms with Crippen molar-refractivity contribution in [2.24, 2.45) is 0 Å². The van der Waals surface area contributed by atoms with Crippen LogP contribution in [-0.2, 0) is 0 Å². The molecule has 0 amide bonds. The number of nitrogens with zero attached hydrogens (tertiary/aromatic N) is 1. The van der Waals surface area contributed by atoms with Gasteiger partial charge in [-0.1, -0.05) is 6.92 Å². The summed E-state index contributed by atoms with van der Waals surface area (Å²) in [6, 6.07) is 0. The number of likely N-dealkylation sites (tertiary alicyclic amines) is 1. The highest BCUT2D eigenvalue weighted by atomic mass is 19.3. The largest absolute Gasteiger partial charge is 0.387 e. The van der Waals surface area contributed by atoms with Gasteiger partial charge < -0.3 is 10.0 Å². The van der Waals surface area contributed by atoms with Crippen molar-refractivity contribution in [3.8, 4) is 0 Å². The summed E-state index contributed by atoms with van der Waals surface area (Å²) in [7, 11) is 0. The van der Waals surface area contributed by atoms with Crippen molar-refractivity contribution in [3.05, 3.63) is 0 Å². The van der Waals surface area contributed by atoms with Gasteiger partial charge in [0, 0.05) is 19.5 Å². The molecule has 1 saturated heterocycles. The summed E-state index contributed by atoms with van der Waals surface area (Å²) in [5, 5.41) is 9.05. The molecule has 72 valence electrons. The van der Waals surface area contributed by atoms with Crippen LogP contribution in [-0.4, -0.2) is 41.7 Å². The maximum absolute atomic E-state index is 12.9. The molecular formula is C8H15F2NO. The van der Waals surface area contributed by atoms with Crippen LogP contribution in [0.1, 0.15) is 19.8 Å². The first-order chi connectivity index (χ1) is 5.56. The molecule has 12 heavy (non-hydrogen) atoms. The third-order valence-electron chi connectivity index (χ3n) is 2.41. The predicted octanol–water partition coefficient (Wildman–Crippen LogP) is 1.10. The van der Waals surface area contributed by atoms with Crippen LogP contribution in [0.4, 0.5) is 8.78 Å². The second-order valence-electron chi connectivity index (χ2n) is 3.25. The number of hydrogen-bond donors (Lipinski definition) is 1. The van der Waals surface area contributed by atoms with E-state index in [0.29, 0.717) is 13.1 Å². The fraction of sp³-hybridized carbons (Fsp3) is 1.00. The number of rotatable bonds is 1. The molecule has 0 saturated carbocycles. The van der Waals surface area contributed by atoms with Crippen molar-refractivity contribution in [1.82, 2.24) is 4.90 Å². The van der Waals surface area contributed by atoms with E-state index in [1.807, 2.05) is 11.8 Å². The highest BCUT2D eigenvalue weighted by Crippen LogP contribution is 2.28. The molecule has 1 N–H and O–H groups in total. The lowest BCUT2D eigenvalue weighted by atomic mass is 10.1. The van der Waals surface area contributed by atoms with Gasteiger partial charge >= 0.3 is 0 Å². The van der Waals surface area contributed by atoms with Crippen LogP contribution in [0.3, 0.4) is 0 Å². The molecule has 1 atom stereocenters. The van der Waals surface area contributed by atoms with Crippen LogP contribution in [0.25, 0.3) is 0 Å². The normalized spacial score (nSPS) is 31.5. The van der Waals surface area contributed by atoms with Crippen molar-refractivity contribution < 1.29 is 13.9 Å². The molecule has 1 aliphatic heterocycles. The highest BCUT2D eigenvalue weighted by molar-refractivity contribution is 4.82. The Bertz CT molecular complexity index is 152. The Labute approximate surface area is 71.2 Å². The van der Waals surface area contributed by atoms with E-state index in [0.717, 1.165) is 6.54 Å². The number of hydrogen-bond acceptors (Lipinski definition) is 2. The molecule has 1 unspecified atom stereocenters. The number of alkyl halides is 2. The fourth-order valence-electron chi connectivity index (χ4n) is 1.42. The van der Waals surface area contributed by atoms with Crippen molar-refractivity contribution in [2.75, 3.05) is 19.6 Å². The molecule has 0 aliphatic carbocycles. The van der Waals surface area contributed by atoms with Crippen LogP contribution in [0.15, 0.2) is 0 Å². The van der Waals surface area contributed by atoms with Crippen molar-refractivity contribution in [2.45, 2.75) is 31.8 Å². The SMILES string of the molecule is CCN1CCC(O)C(F)(F)CC1. The van der Waals surface area contributed by atoms with Crippen LogP contribution >= 0.6 is 0 Å².